The predicted octanol–water partition coefficient (Wildman–Crippen LogP) is 1.82. The molecule has 4 atom stereocenters. The maximum absolute atomic E-state index is 12.4. The molecule has 1 heterocycles. The van der Waals surface area contributed by atoms with E-state index >= 15 is 0 Å². The molecule has 0 spiro atoms. The Bertz CT molecular complexity index is 309. The van der Waals surface area contributed by atoms with E-state index in [1.165, 1.54) is 38.5 Å². The Labute approximate surface area is 104 Å². The Morgan fingerprint density at radius 1 is 1.29 bits per heavy atom. The molecule has 4 unspecified atom stereocenters. The van der Waals surface area contributed by atoms with Gasteiger partial charge in [0.15, 0.2) is 0 Å². The van der Waals surface area contributed by atoms with E-state index in [4.69, 9.17) is 0 Å². The van der Waals surface area contributed by atoms with Gasteiger partial charge in [0, 0.05) is 6.04 Å². The Kier molecular flexibility index (Phi) is 2.89. The van der Waals surface area contributed by atoms with Crippen LogP contribution in [0.25, 0.3) is 0 Å². The Morgan fingerprint density at radius 3 is 2.76 bits per heavy atom. The zero-order valence-electron chi connectivity index (χ0n) is 10.8. The van der Waals surface area contributed by atoms with Gasteiger partial charge in [-0.25, -0.2) is 0 Å². The van der Waals surface area contributed by atoms with Crippen molar-refractivity contribution in [2.24, 2.45) is 11.8 Å². The van der Waals surface area contributed by atoms with Crippen molar-refractivity contribution in [3.63, 3.8) is 0 Å². The summed E-state index contributed by atoms with van der Waals surface area (Å²) in [7, 11) is 0. The molecule has 0 aromatic rings. The van der Waals surface area contributed by atoms with Crippen LogP contribution >= 0.6 is 0 Å². The number of fused-ring (bicyclic) bond motifs is 2. The zero-order chi connectivity index (χ0) is 11.9. The van der Waals surface area contributed by atoms with Crippen LogP contribution in [0.4, 0.5) is 0 Å². The van der Waals surface area contributed by atoms with Gasteiger partial charge in [-0.15, -0.1) is 0 Å². The van der Waals surface area contributed by atoms with Crippen LogP contribution in [-0.2, 0) is 4.79 Å². The third kappa shape index (κ3) is 2.10. The molecule has 0 radical (unpaired) electrons. The van der Waals surface area contributed by atoms with Gasteiger partial charge in [0.2, 0.25) is 5.91 Å². The van der Waals surface area contributed by atoms with Crippen LogP contribution in [0.2, 0.25) is 0 Å². The van der Waals surface area contributed by atoms with E-state index in [1.807, 2.05) is 0 Å². The van der Waals surface area contributed by atoms with Crippen molar-refractivity contribution >= 4 is 5.91 Å². The SMILES string of the molecule is CC1(C(=O)NC2CC3CCC2C3)CCCCN1. The normalized spacial score (nSPS) is 44.9. The molecule has 96 valence electrons. The molecule has 3 aliphatic rings. The fourth-order valence-corrected chi connectivity index (χ4v) is 4.00. The lowest BCUT2D eigenvalue weighted by Gasteiger charge is -2.35. The summed E-state index contributed by atoms with van der Waals surface area (Å²) in [5.41, 5.74) is -0.305. The second kappa shape index (κ2) is 4.27. The molecule has 3 heteroatoms. The van der Waals surface area contributed by atoms with Gasteiger partial charge < -0.3 is 10.6 Å². The first-order valence-electron chi connectivity index (χ1n) is 7.23. The lowest BCUT2D eigenvalue weighted by molar-refractivity contribution is -0.129. The largest absolute Gasteiger partial charge is 0.351 e. The maximum Gasteiger partial charge on any atom is 0.240 e. The van der Waals surface area contributed by atoms with Crippen LogP contribution in [0.3, 0.4) is 0 Å². The van der Waals surface area contributed by atoms with E-state index in [1.54, 1.807) is 0 Å². The first-order valence-corrected chi connectivity index (χ1v) is 7.23. The first kappa shape index (κ1) is 11.5. The van der Waals surface area contributed by atoms with Crippen LogP contribution < -0.4 is 10.6 Å². The van der Waals surface area contributed by atoms with Gasteiger partial charge in [-0.3, -0.25) is 4.79 Å². The van der Waals surface area contributed by atoms with Crippen LogP contribution in [0, 0.1) is 11.8 Å². The topological polar surface area (TPSA) is 41.1 Å². The molecule has 3 fully saturated rings. The van der Waals surface area contributed by atoms with Gasteiger partial charge in [0.25, 0.3) is 0 Å². The van der Waals surface area contributed by atoms with Gasteiger partial charge in [-0.2, -0.15) is 0 Å². The van der Waals surface area contributed by atoms with E-state index in [2.05, 4.69) is 17.6 Å². The number of amides is 1. The van der Waals surface area contributed by atoms with Gasteiger partial charge in [0.05, 0.1) is 5.54 Å². The van der Waals surface area contributed by atoms with Crippen LogP contribution in [0.15, 0.2) is 0 Å². The fourth-order valence-electron chi connectivity index (χ4n) is 4.00. The Hall–Kier alpha value is -0.570. The number of carbonyl (C=O) groups excluding carboxylic acids is 1. The van der Waals surface area contributed by atoms with Crippen LogP contribution in [-0.4, -0.2) is 24.0 Å². The van der Waals surface area contributed by atoms with E-state index in [-0.39, 0.29) is 11.4 Å². The molecular weight excluding hydrogens is 212 g/mol. The minimum atomic E-state index is -0.305. The summed E-state index contributed by atoms with van der Waals surface area (Å²) < 4.78 is 0. The second-order valence-corrected chi connectivity index (χ2v) is 6.47. The molecule has 3 nitrogen and oxygen atoms in total. The molecule has 0 aromatic carbocycles. The molecule has 1 amide bonds. The molecular formula is C14H24N2O. The number of rotatable bonds is 2. The van der Waals surface area contributed by atoms with Gasteiger partial charge in [-0.05, 0) is 63.8 Å². The van der Waals surface area contributed by atoms with Crippen LogP contribution in [0.1, 0.15) is 51.9 Å². The molecule has 2 N–H and O–H groups in total. The third-order valence-corrected chi connectivity index (χ3v) is 5.17. The second-order valence-electron chi connectivity index (χ2n) is 6.47. The average molecular weight is 236 g/mol. The minimum absolute atomic E-state index is 0.245. The third-order valence-electron chi connectivity index (χ3n) is 5.17. The summed E-state index contributed by atoms with van der Waals surface area (Å²) in [6.07, 6.45) is 8.68. The molecule has 1 aliphatic heterocycles. The minimum Gasteiger partial charge on any atom is -0.351 e. The van der Waals surface area contributed by atoms with Crippen molar-refractivity contribution in [2.45, 2.75) is 63.5 Å². The van der Waals surface area contributed by atoms with Crippen molar-refractivity contribution < 1.29 is 4.79 Å². The number of nitrogens with one attached hydrogen (secondary N) is 2. The first-order chi connectivity index (χ1) is 8.17. The predicted molar refractivity (Wildman–Crippen MR) is 67.6 cm³/mol. The summed E-state index contributed by atoms with van der Waals surface area (Å²) in [6.45, 7) is 3.05. The summed E-state index contributed by atoms with van der Waals surface area (Å²) in [5.74, 6) is 1.92. The molecule has 2 bridgehead atoms. The van der Waals surface area contributed by atoms with Crippen LogP contribution in [0.5, 0.6) is 0 Å². The van der Waals surface area contributed by atoms with E-state index in [0.29, 0.717) is 6.04 Å². The zero-order valence-corrected chi connectivity index (χ0v) is 10.8. The van der Waals surface area contributed by atoms with E-state index in [0.717, 1.165) is 24.8 Å². The summed E-state index contributed by atoms with van der Waals surface area (Å²) in [4.78, 5) is 12.4. The van der Waals surface area contributed by atoms with E-state index in [9.17, 15) is 4.79 Å². The highest BCUT2D eigenvalue weighted by Gasteiger charge is 2.42. The Morgan fingerprint density at radius 2 is 2.18 bits per heavy atom. The smallest absolute Gasteiger partial charge is 0.240 e. The highest BCUT2D eigenvalue weighted by atomic mass is 16.2. The number of carbonyl (C=O) groups is 1. The van der Waals surface area contributed by atoms with E-state index < -0.39 is 0 Å². The van der Waals surface area contributed by atoms with Crippen molar-refractivity contribution in [3.05, 3.63) is 0 Å². The number of hydrogen-bond acceptors (Lipinski definition) is 2. The van der Waals surface area contributed by atoms with Crippen molar-refractivity contribution in [2.75, 3.05) is 6.54 Å². The van der Waals surface area contributed by atoms with Crippen molar-refractivity contribution in [1.29, 1.82) is 0 Å². The van der Waals surface area contributed by atoms with Crippen molar-refractivity contribution in [3.8, 4) is 0 Å². The summed E-state index contributed by atoms with van der Waals surface area (Å²) in [6, 6.07) is 0.474. The highest BCUT2D eigenvalue weighted by Crippen LogP contribution is 2.44. The molecule has 2 saturated carbocycles. The average Bonchev–Trinajstić information content (AvgIpc) is 2.92. The fraction of sp³-hybridized carbons (Fsp3) is 0.929. The molecule has 0 aromatic heterocycles. The summed E-state index contributed by atoms with van der Waals surface area (Å²) >= 11 is 0. The standard InChI is InChI=1S/C14H24N2O/c1-14(6-2-3-7-15-14)13(17)16-12-9-10-4-5-11(12)8-10/h10-12,15H,2-9H2,1H3,(H,16,17). The van der Waals surface area contributed by atoms with Gasteiger partial charge in [-0.1, -0.05) is 6.42 Å². The number of piperidine rings is 1. The van der Waals surface area contributed by atoms with Gasteiger partial charge in [0.1, 0.15) is 0 Å². The quantitative estimate of drug-likeness (QED) is 0.768. The lowest BCUT2D eigenvalue weighted by atomic mass is 9.88. The Balaban J connectivity index is 1.59. The molecule has 3 rings (SSSR count). The molecule has 2 aliphatic carbocycles. The lowest BCUT2D eigenvalue weighted by Crippen LogP contribution is -2.59. The maximum atomic E-state index is 12.4. The molecule has 17 heavy (non-hydrogen) atoms. The highest BCUT2D eigenvalue weighted by molar-refractivity contribution is 5.86. The van der Waals surface area contributed by atoms with Gasteiger partial charge >= 0.3 is 0 Å². The molecule has 1 saturated heterocycles. The monoisotopic (exact) mass is 236 g/mol. The number of hydrogen-bond donors (Lipinski definition) is 2. The summed E-state index contributed by atoms with van der Waals surface area (Å²) in [5, 5.41) is 6.72. The van der Waals surface area contributed by atoms with Crippen molar-refractivity contribution in [1.82, 2.24) is 10.6 Å².